The lowest BCUT2D eigenvalue weighted by Gasteiger charge is -1.88. The number of hydrogen-bond donors (Lipinski definition) is 0. The maximum Gasteiger partial charge on any atom is 0.285 e. The summed E-state index contributed by atoms with van der Waals surface area (Å²) in [5.41, 5.74) is 0. The molecule has 5 heteroatoms. The summed E-state index contributed by atoms with van der Waals surface area (Å²) in [6.07, 6.45) is 0. The summed E-state index contributed by atoms with van der Waals surface area (Å²) in [6.45, 7) is 0.0368. The Kier molecular flexibility index (Phi) is 4.92. The fourth-order valence-electron chi connectivity index (χ4n) is 0.0922. The van der Waals surface area contributed by atoms with Gasteiger partial charge in [0.2, 0.25) is 0 Å². The Morgan fingerprint density at radius 2 is 2.14 bits per heavy atom. The maximum absolute atomic E-state index is 9.44. The minimum Gasteiger partial charge on any atom is -0.320 e. The number of alkyl halides is 1. The molecule has 0 aromatic rings. The Labute approximate surface area is 49.2 Å². The fraction of sp³-hybridized carbons (Fsp3) is 1.00. The van der Waals surface area contributed by atoms with Crippen LogP contribution in [0.4, 0.5) is 0 Å². The van der Waals surface area contributed by atoms with Crippen LogP contribution in [0.1, 0.15) is 0 Å². The van der Waals surface area contributed by atoms with E-state index in [1.165, 1.54) is 0 Å². The zero-order valence-corrected chi connectivity index (χ0v) is 4.91. The molecule has 0 rings (SSSR count). The molecule has 0 N–H and O–H groups in total. The lowest BCUT2D eigenvalue weighted by molar-refractivity contribution is -1.63. The third-order valence-electron chi connectivity index (χ3n) is 0.243. The molecule has 0 unspecified atom stereocenters. The molecular weight excluding hydrogens is 143 g/mol. The molecule has 0 aliphatic heterocycles. The van der Waals surface area contributed by atoms with Gasteiger partial charge in [-0.15, -0.1) is 11.6 Å². The van der Waals surface area contributed by atoms with E-state index in [-0.39, 0.29) is 12.5 Å². The van der Waals surface area contributed by atoms with Crippen LogP contribution in [-0.2, 0) is 4.29 Å². The summed E-state index contributed by atoms with van der Waals surface area (Å²) >= 11 is 5.04. The van der Waals surface area contributed by atoms with E-state index in [2.05, 4.69) is 4.29 Å². The van der Waals surface area contributed by atoms with Crippen molar-refractivity contribution in [3.8, 4) is 0 Å². The van der Waals surface area contributed by atoms with Crippen LogP contribution in [0, 0.1) is 10.8 Å². The molecule has 0 heterocycles. The topological polar surface area (TPSA) is 55.3 Å². The van der Waals surface area contributed by atoms with Crippen LogP contribution in [0.25, 0.3) is 0 Å². The van der Waals surface area contributed by atoms with Crippen molar-refractivity contribution < 1.29 is 24.4 Å². The van der Waals surface area contributed by atoms with E-state index in [1.807, 2.05) is 0 Å². The highest BCUT2D eigenvalue weighted by Gasteiger charge is 2.02. The monoisotopic (exact) mass is 146 g/mol. The van der Waals surface area contributed by atoms with Gasteiger partial charge in [0.15, 0.2) is 6.61 Å². The molecule has 7 heavy (non-hydrogen) atoms. The van der Waals surface area contributed by atoms with Crippen molar-refractivity contribution in [2.45, 2.75) is 0 Å². The smallest absolute Gasteiger partial charge is 0.285 e. The first-order valence-corrected chi connectivity index (χ1v) is 2.98. The average Bonchev–Trinajstić information content (AvgIpc) is 1.61. The molecule has 0 saturated carbocycles. The average molecular weight is 147 g/mol. The van der Waals surface area contributed by atoms with Crippen molar-refractivity contribution in [1.29, 1.82) is 0 Å². The molecule has 0 fully saturated rings. The zero-order valence-electron chi connectivity index (χ0n) is 3.39. The van der Waals surface area contributed by atoms with Crippen LogP contribution >= 0.6 is 11.6 Å². The molecule has 0 atom stereocenters. The van der Waals surface area contributed by atoms with Gasteiger partial charge in [0.1, 0.15) is 0 Å². The van der Waals surface area contributed by atoms with E-state index in [4.69, 9.17) is 11.6 Å². The molecule has 0 amide bonds. The van der Waals surface area contributed by atoms with E-state index < -0.39 is 10.8 Å². The third kappa shape index (κ3) is 6.46. The van der Waals surface area contributed by atoms with Crippen LogP contribution in [-0.4, -0.2) is 12.5 Å². The van der Waals surface area contributed by atoms with Crippen molar-refractivity contribution >= 4 is 11.6 Å². The molecule has 0 aliphatic rings. The van der Waals surface area contributed by atoms with Crippen molar-refractivity contribution in [3.05, 3.63) is 0 Å². The minimum absolute atomic E-state index is 0.0368. The summed E-state index contributed by atoms with van der Waals surface area (Å²) in [5.74, 6) is 0.193. The van der Waals surface area contributed by atoms with Crippen LogP contribution < -0.4 is 9.32 Å². The Morgan fingerprint density at radius 3 is 2.29 bits per heavy atom. The van der Waals surface area contributed by atoms with Gasteiger partial charge in [-0.05, 0) is 0 Å². The van der Waals surface area contributed by atoms with Gasteiger partial charge in [-0.2, -0.15) is 0 Å². The molecule has 0 aromatic carbocycles. The standard InChI is InChI=1S/C2H4Cl2O3/c3-1-2-7-4(5)6/h1-2H2. The van der Waals surface area contributed by atoms with Gasteiger partial charge in [0, 0.05) is 4.29 Å². The molecule has 0 saturated heterocycles. The van der Waals surface area contributed by atoms with E-state index in [0.717, 1.165) is 0 Å². The SMILES string of the molecule is [O-][Cl+2]([O-])OCCCl. The van der Waals surface area contributed by atoms with Gasteiger partial charge >= 0.3 is 0 Å². The lowest BCUT2D eigenvalue weighted by Crippen LogP contribution is -2.34. The second kappa shape index (κ2) is 4.61. The molecule has 0 bridgehead atoms. The maximum atomic E-state index is 9.44. The van der Waals surface area contributed by atoms with Gasteiger partial charge < -0.3 is 9.32 Å². The first kappa shape index (κ1) is 7.46. The van der Waals surface area contributed by atoms with Gasteiger partial charge in [0.05, 0.1) is 5.88 Å². The Bertz CT molecular complexity index is 39.9. The third-order valence-corrected chi connectivity index (χ3v) is 0.730. The predicted molar refractivity (Wildman–Crippen MR) is 16.7 cm³/mol. The van der Waals surface area contributed by atoms with E-state index in [9.17, 15) is 9.32 Å². The summed E-state index contributed by atoms with van der Waals surface area (Å²) in [5, 5.41) is 0. The molecule has 0 aliphatic carbocycles. The summed E-state index contributed by atoms with van der Waals surface area (Å²) in [4.78, 5) is 0. The van der Waals surface area contributed by atoms with Crippen molar-refractivity contribution in [2.75, 3.05) is 12.5 Å². The lowest BCUT2D eigenvalue weighted by atomic mass is 10.9. The molecule has 3 nitrogen and oxygen atoms in total. The highest BCUT2D eigenvalue weighted by Crippen LogP contribution is 1.79. The van der Waals surface area contributed by atoms with Gasteiger partial charge in [0.25, 0.3) is 10.8 Å². The second-order valence-corrected chi connectivity index (χ2v) is 1.67. The molecule has 0 radical (unpaired) electrons. The molecule has 0 aromatic heterocycles. The summed E-state index contributed by atoms with van der Waals surface area (Å²) in [6, 6.07) is 0. The van der Waals surface area contributed by atoms with E-state index in [0.29, 0.717) is 0 Å². The van der Waals surface area contributed by atoms with Crippen LogP contribution in [0.15, 0.2) is 0 Å². The molecule has 0 spiro atoms. The first-order valence-electron chi connectivity index (χ1n) is 1.52. The van der Waals surface area contributed by atoms with E-state index >= 15 is 0 Å². The van der Waals surface area contributed by atoms with Crippen molar-refractivity contribution in [1.82, 2.24) is 0 Å². The van der Waals surface area contributed by atoms with Gasteiger partial charge in [-0.25, -0.2) is 0 Å². The Hall–Kier alpha value is 0.460. The highest BCUT2D eigenvalue weighted by molar-refractivity contribution is 6.17. The predicted octanol–water partition coefficient (Wildman–Crippen LogP) is -1.67. The Morgan fingerprint density at radius 1 is 1.57 bits per heavy atom. The largest absolute Gasteiger partial charge is 0.320 e. The summed E-state index contributed by atoms with van der Waals surface area (Å²) in [7, 11) is -2.11. The zero-order chi connectivity index (χ0) is 5.70. The Balaban J connectivity index is 2.68. The summed E-state index contributed by atoms with van der Waals surface area (Å²) < 4.78 is 22.8. The second-order valence-electron chi connectivity index (χ2n) is 0.691. The molecular formula is C2H4Cl2O3. The first-order chi connectivity index (χ1) is 3.27. The fourth-order valence-corrected chi connectivity index (χ4v) is 0.451. The number of halogens is 2. The number of rotatable bonds is 3. The van der Waals surface area contributed by atoms with Gasteiger partial charge in [-0.3, -0.25) is 0 Å². The van der Waals surface area contributed by atoms with Crippen LogP contribution in [0.2, 0.25) is 0 Å². The normalized spacial score (nSPS) is 10.3. The minimum atomic E-state index is -2.11. The quantitative estimate of drug-likeness (QED) is 0.448. The van der Waals surface area contributed by atoms with Crippen molar-refractivity contribution in [3.63, 3.8) is 0 Å². The van der Waals surface area contributed by atoms with Crippen molar-refractivity contribution in [2.24, 2.45) is 0 Å². The van der Waals surface area contributed by atoms with Gasteiger partial charge in [-0.1, -0.05) is 0 Å². The molecule has 44 valence electrons. The van der Waals surface area contributed by atoms with Crippen LogP contribution in [0.3, 0.4) is 0 Å². The number of hydrogen-bond acceptors (Lipinski definition) is 3. The van der Waals surface area contributed by atoms with Crippen LogP contribution in [0.5, 0.6) is 0 Å². The van der Waals surface area contributed by atoms with E-state index in [1.54, 1.807) is 0 Å². The highest BCUT2D eigenvalue weighted by atomic mass is 35.6.